The van der Waals surface area contributed by atoms with Crippen LogP contribution in [0, 0.1) is 5.82 Å². The van der Waals surface area contributed by atoms with Gasteiger partial charge >= 0.3 is 24.1 Å². The van der Waals surface area contributed by atoms with E-state index in [1.54, 1.807) is 30.3 Å². The molecule has 2 aromatic carbocycles. The summed E-state index contributed by atoms with van der Waals surface area (Å²) in [4.78, 5) is 16.9. The number of nitrogens with one attached hydrogen (secondary N) is 1. The zero-order valence-electron chi connectivity index (χ0n) is 19.0. The number of rotatable bonds is 6. The molecule has 38 heavy (non-hydrogen) atoms. The van der Waals surface area contributed by atoms with Crippen molar-refractivity contribution in [3.63, 3.8) is 0 Å². The number of alkyl carbamates (subject to hydrolysis) is 1. The SMILES string of the molecule is O=C(NC(Cc1ccccc1)(c1cc(F)cc(C(F)(F)F)c1)c1ccc(Cl)cn1)OC1CC(F)(F)C1(F)F. The molecular weight excluding hydrogens is 548 g/mol. The summed E-state index contributed by atoms with van der Waals surface area (Å²) in [7, 11) is 0. The van der Waals surface area contributed by atoms with Crippen LogP contribution in [0.2, 0.25) is 5.02 Å². The van der Waals surface area contributed by atoms with Crippen LogP contribution in [-0.2, 0) is 22.9 Å². The lowest BCUT2D eigenvalue weighted by atomic mass is 9.80. The van der Waals surface area contributed by atoms with Crippen molar-refractivity contribution < 1.29 is 44.7 Å². The fourth-order valence-electron chi connectivity index (χ4n) is 4.10. The van der Waals surface area contributed by atoms with E-state index in [1.807, 2.05) is 0 Å². The number of pyridine rings is 1. The maximum absolute atomic E-state index is 14.5. The molecule has 2 atom stereocenters. The van der Waals surface area contributed by atoms with E-state index < -0.39 is 59.1 Å². The summed E-state index contributed by atoms with van der Waals surface area (Å²) in [5.74, 6) is -10.4. The van der Waals surface area contributed by atoms with Crippen molar-refractivity contribution in [3.8, 4) is 0 Å². The number of nitrogens with zero attached hydrogens (tertiary/aromatic N) is 1. The summed E-state index contributed by atoms with van der Waals surface area (Å²) in [5.41, 5.74) is -3.77. The van der Waals surface area contributed by atoms with E-state index in [2.05, 4.69) is 15.0 Å². The number of hydrogen-bond donors (Lipinski definition) is 1. The first kappa shape index (κ1) is 27.6. The van der Waals surface area contributed by atoms with E-state index >= 15 is 0 Å². The molecule has 1 heterocycles. The average molecular weight is 565 g/mol. The number of carbonyl (C=O) groups excluding carboxylic acids is 1. The van der Waals surface area contributed by atoms with Crippen LogP contribution in [0.3, 0.4) is 0 Å². The third-order valence-corrected chi connectivity index (χ3v) is 6.32. The number of halogens is 9. The molecule has 1 aliphatic carbocycles. The van der Waals surface area contributed by atoms with Crippen LogP contribution in [0.15, 0.2) is 66.9 Å². The zero-order valence-corrected chi connectivity index (χ0v) is 19.8. The van der Waals surface area contributed by atoms with Crippen LogP contribution in [-0.4, -0.2) is 29.0 Å². The van der Waals surface area contributed by atoms with Crippen LogP contribution in [0.25, 0.3) is 0 Å². The predicted octanol–water partition coefficient (Wildman–Crippen LogP) is 7.15. The number of aromatic nitrogens is 1. The molecule has 4 nitrogen and oxygen atoms in total. The van der Waals surface area contributed by atoms with Gasteiger partial charge in [0.2, 0.25) is 0 Å². The molecule has 0 saturated heterocycles. The number of ether oxygens (including phenoxy) is 1. The van der Waals surface area contributed by atoms with E-state index in [4.69, 9.17) is 11.6 Å². The molecule has 13 heteroatoms. The third-order valence-electron chi connectivity index (χ3n) is 6.09. The fourth-order valence-corrected chi connectivity index (χ4v) is 4.21. The minimum Gasteiger partial charge on any atom is -0.439 e. The number of amides is 1. The topological polar surface area (TPSA) is 51.2 Å². The van der Waals surface area contributed by atoms with Gasteiger partial charge in [-0.1, -0.05) is 41.9 Å². The summed E-state index contributed by atoms with van der Waals surface area (Å²) in [5, 5.41) is 2.33. The van der Waals surface area contributed by atoms with Gasteiger partial charge in [-0.15, -0.1) is 0 Å². The molecule has 0 spiro atoms. The Bertz CT molecular complexity index is 1320. The molecule has 1 aliphatic rings. The molecular formula is C25H17ClF8N2O2. The summed E-state index contributed by atoms with van der Waals surface area (Å²) in [6.07, 6.45) is -9.87. The average Bonchev–Trinajstić information content (AvgIpc) is 2.83. The summed E-state index contributed by atoms with van der Waals surface area (Å²) in [6, 6.07) is 11.9. The molecule has 1 amide bonds. The first-order valence-electron chi connectivity index (χ1n) is 10.9. The highest BCUT2D eigenvalue weighted by atomic mass is 35.5. The smallest absolute Gasteiger partial charge is 0.416 e. The van der Waals surface area contributed by atoms with E-state index in [9.17, 15) is 39.9 Å². The minimum atomic E-state index is -5.00. The molecule has 1 N–H and O–H groups in total. The van der Waals surface area contributed by atoms with Gasteiger partial charge in [0.15, 0.2) is 6.10 Å². The van der Waals surface area contributed by atoms with Crippen molar-refractivity contribution in [1.82, 2.24) is 10.3 Å². The molecule has 3 aromatic rings. The highest BCUT2D eigenvalue weighted by Gasteiger charge is 2.74. The van der Waals surface area contributed by atoms with Crippen molar-refractivity contribution in [1.29, 1.82) is 0 Å². The largest absolute Gasteiger partial charge is 0.439 e. The van der Waals surface area contributed by atoms with Gasteiger partial charge in [0.1, 0.15) is 11.4 Å². The molecule has 202 valence electrons. The number of hydrogen-bond acceptors (Lipinski definition) is 3. The monoisotopic (exact) mass is 564 g/mol. The van der Waals surface area contributed by atoms with Crippen molar-refractivity contribution in [2.75, 3.05) is 0 Å². The van der Waals surface area contributed by atoms with Crippen LogP contribution >= 0.6 is 11.6 Å². The Labute approximate surface area is 215 Å². The molecule has 0 bridgehead atoms. The highest BCUT2D eigenvalue weighted by molar-refractivity contribution is 6.30. The maximum atomic E-state index is 14.5. The first-order chi connectivity index (χ1) is 17.6. The van der Waals surface area contributed by atoms with Crippen molar-refractivity contribution in [2.24, 2.45) is 0 Å². The van der Waals surface area contributed by atoms with Gasteiger partial charge in [-0.25, -0.2) is 9.18 Å². The van der Waals surface area contributed by atoms with E-state index in [0.717, 1.165) is 6.20 Å². The van der Waals surface area contributed by atoms with Crippen LogP contribution in [0.4, 0.5) is 39.9 Å². The molecule has 1 fully saturated rings. The predicted molar refractivity (Wildman–Crippen MR) is 119 cm³/mol. The Morgan fingerprint density at radius 2 is 1.68 bits per heavy atom. The molecule has 0 aliphatic heterocycles. The quantitative estimate of drug-likeness (QED) is 0.324. The molecule has 2 unspecified atom stereocenters. The Morgan fingerprint density at radius 3 is 2.24 bits per heavy atom. The standard InChI is InChI=1S/C25H17ClF8N2O2/c26-17-6-7-19(35-13-17)22(11-14-4-2-1-3-5-14,15-8-16(25(32,33)34)10-18(27)9-15)36-21(37)38-20-12-23(28,29)24(20,30)31/h1-10,13,20H,11-12H2,(H,36,37). The fraction of sp³-hybridized carbons (Fsp3) is 0.280. The third kappa shape index (κ3) is 5.27. The van der Waals surface area contributed by atoms with Gasteiger partial charge < -0.3 is 10.1 Å². The minimum absolute atomic E-state index is 0.108. The Kier molecular flexibility index (Phi) is 7.06. The maximum Gasteiger partial charge on any atom is 0.416 e. The molecule has 4 rings (SSSR count). The van der Waals surface area contributed by atoms with Crippen molar-refractivity contribution in [3.05, 3.63) is 100 Å². The second-order valence-corrected chi connectivity index (χ2v) is 9.14. The van der Waals surface area contributed by atoms with Gasteiger partial charge in [0.05, 0.1) is 22.7 Å². The highest BCUT2D eigenvalue weighted by Crippen LogP contribution is 2.52. The summed E-state index contributed by atoms with van der Waals surface area (Å²) < 4.78 is 114. The lowest BCUT2D eigenvalue weighted by Gasteiger charge is -2.43. The Balaban J connectivity index is 1.86. The molecule has 1 aromatic heterocycles. The van der Waals surface area contributed by atoms with Gasteiger partial charge in [-0.2, -0.15) is 30.7 Å². The van der Waals surface area contributed by atoms with Gasteiger partial charge in [0, 0.05) is 12.6 Å². The summed E-state index contributed by atoms with van der Waals surface area (Å²) in [6.45, 7) is 0. The van der Waals surface area contributed by atoms with Gasteiger partial charge in [0.25, 0.3) is 0 Å². The van der Waals surface area contributed by atoms with Crippen LogP contribution < -0.4 is 5.32 Å². The second-order valence-electron chi connectivity index (χ2n) is 8.71. The Hall–Kier alpha value is -3.41. The van der Waals surface area contributed by atoms with E-state index in [0.29, 0.717) is 17.7 Å². The van der Waals surface area contributed by atoms with E-state index in [-0.39, 0.29) is 23.2 Å². The number of carbonyl (C=O) groups is 1. The van der Waals surface area contributed by atoms with Crippen LogP contribution in [0.5, 0.6) is 0 Å². The van der Waals surface area contributed by atoms with Crippen molar-refractivity contribution in [2.45, 2.75) is 42.5 Å². The van der Waals surface area contributed by atoms with Crippen molar-refractivity contribution >= 4 is 17.7 Å². The first-order valence-corrected chi connectivity index (χ1v) is 11.3. The summed E-state index contributed by atoms with van der Waals surface area (Å²) >= 11 is 5.90. The molecule has 0 radical (unpaired) electrons. The number of benzene rings is 2. The van der Waals surface area contributed by atoms with Crippen LogP contribution in [0.1, 0.15) is 28.8 Å². The Morgan fingerprint density at radius 1 is 1.03 bits per heavy atom. The van der Waals surface area contributed by atoms with Gasteiger partial charge in [-0.05, 0) is 41.5 Å². The molecule has 1 saturated carbocycles. The van der Waals surface area contributed by atoms with E-state index in [1.165, 1.54) is 12.1 Å². The second kappa shape index (κ2) is 9.72. The normalized spacial score (nSPS) is 19.7. The van der Waals surface area contributed by atoms with Gasteiger partial charge in [-0.3, -0.25) is 4.98 Å². The number of alkyl halides is 7. The lowest BCUT2D eigenvalue weighted by molar-refractivity contribution is -0.329. The lowest BCUT2D eigenvalue weighted by Crippen LogP contribution is -2.64. The zero-order chi connectivity index (χ0) is 27.9.